The quantitative estimate of drug-likeness (QED) is 0.889. The van der Waals surface area contributed by atoms with Crippen molar-refractivity contribution in [1.82, 2.24) is 5.32 Å². The number of ether oxygens (including phenoxy) is 1. The van der Waals surface area contributed by atoms with Gasteiger partial charge in [0.2, 0.25) is 0 Å². The van der Waals surface area contributed by atoms with E-state index in [9.17, 15) is 13.2 Å². The zero-order valence-corrected chi connectivity index (χ0v) is 12.1. The number of nitrogens with one attached hydrogen (secondary N) is 1. The van der Waals surface area contributed by atoms with Gasteiger partial charge in [-0.2, -0.15) is 11.8 Å². The highest BCUT2D eigenvalue weighted by molar-refractivity contribution is 7.99. The Hall–Kier alpha value is -0.880. The summed E-state index contributed by atoms with van der Waals surface area (Å²) in [6, 6.07) is 6.34. The third-order valence-electron chi connectivity index (χ3n) is 3.34. The van der Waals surface area contributed by atoms with E-state index >= 15 is 0 Å². The Morgan fingerprint density at radius 3 is 2.75 bits per heavy atom. The highest BCUT2D eigenvalue weighted by atomic mass is 32.2. The number of hydrogen-bond acceptors (Lipinski definition) is 3. The normalized spacial score (nSPS) is 20.9. The third kappa shape index (κ3) is 4.06. The highest BCUT2D eigenvalue weighted by Gasteiger charge is 2.34. The van der Waals surface area contributed by atoms with Crippen molar-refractivity contribution in [2.45, 2.75) is 25.7 Å². The van der Waals surface area contributed by atoms with Crippen LogP contribution in [0.4, 0.5) is 13.2 Å². The standard InChI is InChI=1S/C14H18F3NOS/c1-2-18-13(10-7-8-20-9-10)11-5-3-4-6-12(11)19-14(15,16)17/h3-6,10,13,18H,2,7-9H2,1H3. The summed E-state index contributed by atoms with van der Waals surface area (Å²) >= 11 is 1.85. The fourth-order valence-electron chi connectivity index (χ4n) is 2.52. The predicted octanol–water partition coefficient (Wildman–Crippen LogP) is 3.99. The van der Waals surface area contributed by atoms with Gasteiger partial charge in [-0.05, 0) is 36.5 Å². The maximum atomic E-state index is 12.5. The second-order valence-electron chi connectivity index (χ2n) is 4.74. The van der Waals surface area contributed by atoms with Crippen LogP contribution >= 0.6 is 11.8 Å². The second-order valence-corrected chi connectivity index (χ2v) is 5.89. The van der Waals surface area contributed by atoms with Crippen LogP contribution in [0.25, 0.3) is 0 Å². The van der Waals surface area contributed by atoms with Crippen molar-refractivity contribution >= 4 is 11.8 Å². The van der Waals surface area contributed by atoms with Crippen LogP contribution in [0, 0.1) is 5.92 Å². The lowest BCUT2D eigenvalue weighted by Crippen LogP contribution is -2.29. The molecule has 2 unspecified atom stereocenters. The number of thioether (sulfide) groups is 1. The van der Waals surface area contributed by atoms with E-state index in [2.05, 4.69) is 10.1 Å². The molecular formula is C14H18F3NOS. The minimum absolute atomic E-state index is 0.0893. The molecule has 2 nitrogen and oxygen atoms in total. The van der Waals surface area contributed by atoms with Crippen LogP contribution in [0.15, 0.2) is 24.3 Å². The maximum Gasteiger partial charge on any atom is 0.573 e. The largest absolute Gasteiger partial charge is 0.573 e. The molecule has 1 aromatic carbocycles. The minimum atomic E-state index is -4.66. The number of benzene rings is 1. The fraction of sp³-hybridized carbons (Fsp3) is 0.571. The molecule has 2 rings (SSSR count). The Kier molecular flexibility index (Phi) is 5.21. The van der Waals surface area contributed by atoms with Gasteiger partial charge in [-0.25, -0.2) is 0 Å². The number of rotatable bonds is 5. The van der Waals surface area contributed by atoms with Crippen LogP contribution < -0.4 is 10.1 Å². The summed E-state index contributed by atoms with van der Waals surface area (Å²) in [7, 11) is 0. The van der Waals surface area contributed by atoms with Gasteiger partial charge in [0.1, 0.15) is 5.75 Å². The molecule has 112 valence electrons. The number of para-hydroxylation sites is 1. The van der Waals surface area contributed by atoms with Crippen LogP contribution in [0.2, 0.25) is 0 Å². The molecule has 1 saturated heterocycles. The molecular weight excluding hydrogens is 287 g/mol. The Labute approximate surface area is 121 Å². The summed E-state index contributed by atoms with van der Waals surface area (Å²) in [6.07, 6.45) is -3.64. The Bertz CT molecular complexity index is 433. The van der Waals surface area contributed by atoms with Crippen LogP contribution in [0.5, 0.6) is 5.75 Å². The molecule has 20 heavy (non-hydrogen) atoms. The van der Waals surface area contributed by atoms with Crippen molar-refractivity contribution in [3.63, 3.8) is 0 Å². The summed E-state index contributed by atoms with van der Waals surface area (Å²) in [5, 5.41) is 3.31. The zero-order chi connectivity index (χ0) is 14.6. The van der Waals surface area contributed by atoms with Gasteiger partial charge in [-0.1, -0.05) is 25.1 Å². The molecule has 1 N–H and O–H groups in total. The third-order valence-corrected chi connectivity index (χ3v) is 4.53. The molecule has 1 aliphatic heterocycles. The van der Waals surface area contributed by atoms with E-state index in [-0.39, 0.29) is 11.8 Å². The van der Waals surface area contributed by atoms with E-state index in [0.29, 0.717) is 18.0 Å². The van der Waals surface area contributed by atoms with E-state index in [1.54, 1.807) is 18.2 Å². The average Bonchev–Trinajstić information content (AvgIpc) is 2.89. The number of alkyl halides is 3. The van der Waals surface area contributed by atoms with E-state index in [1.807, 2.05) is 18.7 Å². The van der Waals surface area contributed by atoms with Gasteiger partial charge < -0.3 is 10.1 Å². The summed E-state index contributed by atoms with van der Waals surface area (Å²) < 4.78 is 41.7. The molecule has 0 amide bonds. The Balaban J connectivity index is 2.27. The highest BCUT2D eigenvalue weighted by Crippen LogP contribution is 2.38. The molecule has 0 radical (unpaired) electrons. The van der Waals surface area contributed by atoms with Crippen molar-refractivity contribution in [2.24, 2.45) is 5.92 Å². The molecule has 1 fully saturated rings. The number of halogens is 3. The molecule has 2 atom stereocenters. The van der Waals surface area contributed by atoms with Crippen LogP contribution in [-0.2, 0) is 0 Å². The molecule has 1 aliphatic rings. The van der Waals surface area contributed by atoms with Gasteiger partial charge in [-0.15, -0.1) is 13.2 Å². The first-order chi connectivity index (χ1) is 9.51. The van der Waals surface area contributed by atoms with Crippen LogP contribution in [-0.4, -0.2) is 24.4 Å². The monoisotopic (exact) mass is 305 g/mol. The van der Waals surface area contributed by atoms with Gasteiger partial charge in [-0.3, -0.25) is 0 Å². The first kappa shape index (κ1) is 15.5. The molecule has 1 aromatic rings. The van der Waals surface area contributed by atoms with Crippen LogP contribution in [0.3, 0.4) is 0 Å². The molecule has 0 bridgehead atoms. The Morgan fingerprint density at radius 1 is 1.40 bits per heavy atom. The van der Waals surface area contributed by atoms with E-state index in [4.69, 9.17) is 0 Å². The van der Waals surface area contributed by atoms with Gasteiger partial charge in [0.15, 0.2) is 0 Å². The molecule has 0 aromatic heterocycles. The van der Waals surface area contributed by atoms with Gasteiger partial charge >= 0.3 is 6.36 Å². The summed E-state index contributed by atoms with van der Waals surface area (Å²) in [4.78, 5) is 0. The lowest BCUT2D eigenvalue weighted by Gasteiger charge is -2.26. The summed E-state index contributed by atoms with van der Waals surface area (Å²) in [5.74, 6) is 2.29. The van der Waals surface area contributed by atoms with Gasteiger partial charge in [0, 0.05) is 11.6 Å². The average molecular weight is 305 g/mol. The predicted molar refractivity (Wildman–Crippen MR) is 75.0 cm³/mol. The van der Waals surface area contributed by atoms with Crippen LogP contribution in [0.1, 0.15) is 24.9 Å². The fourth-order valence-corrected chi connectivity index (χ4v) is 3.82. The van der Waals surface area contributed by atoms with Crippen molar-refractivity contribution in [1.29, 1.82) is 0 Å². The van der Waals surface area contributed by atoms with Crippen molar-refractivity contribution < 1.29 is 17.9 Å². The summed E-state index contributed by atoms with van der Waals surface area (Å²) in [5.41, 5.74) is 0.596. The van der Waals surface area contributed by atoms with Crippen molar-refractivity contribution in [3.05, 3.63) is 29.8 Å². The second kappa shape index (κ2) is 6.72. The molecule has 0 spiro atoms. The number of hydrogen-bond donors (Lipinski definition) is 1. The Morgan fingerprint density at radius 2 is 2.15 bits per heavy atom. The topological polar surface area (TPSA) is 21.3 Å². The molecule has 0 saturated carbocycles. The minimum Gasteiger partial charge on any atom is -0.405 e. The van der Waals surface area contributed by atoms with Gasteiger partial charge in [0.25, 0.3) is 0 Å². The summed E-state index contributed by atoms with van der Waals surface area (Å²) in [6.45, 7) is 2.68. The zero-order valence-electron chi connectivity index (χ0n) is 11.2. The van der Waals surface area contributed by atoms with E-state index in [0.717, 1.165) is 17.9 Å². The smallest absolute Gasteiger partial charge is 0.405 e. The first-order valence-electron chi connectivity index (χ1n) is 6.67. The van der Waals surface area contributed by atoms with E-state index < -0.39 is 6.36 Å². The molecule has 1 heterocycles. The maximum absolute atomic E-state index is 12.5. The van der Waals surface area contributed by atoms with E-state index in [1.165, 1.54) is 6.07 Å². The molecule has 6 heteroatoms. The van der Waals surface area contributed by atoms with Crippen molar-refractivity contribution in [2.75, 3.05) is 18.1 Å². The van der Waals surface area contributed by atoms with Crippen molar-refractivity contribution in [3.8, 4) is 5.75 Å². The SMILES string of the molecule is CCNC(c1ccccc1OC(F)(F)F)C1CCSC1. The lowest BCUT2D eigenvalue weighted by atomic mass is 9.92. The van der Waals surface area contributed by atoms with Gasteiger partial charge in [0.05, 0.1) is 0 Å². The first-order valence-corrected chi connectivity index (χ1v) is 7.82. The molecule has 0 aliphatic carbocycles. The lowest BCUT2D eigenvalue weighted by molar-refractivity contribution is -0.275.